The Morgan fingerprint density at radius 1 is 0.963 bits per heavy atom. The van der Waals surface area contributed by atoms with Crippen LogP contribution < -0.4 is 15.4 Å². The lowest BCUT2D eigenvalue weighted by Crippen LogP contribution is -2.41. The average Bonchev–Trinajstić information content (AvgIpc) is 2.70. The molecule has 2 aromatic carbocycles. The van der Waals surface area contributed by atoms with E-state index >= 15 is 0 Å². The molecule has 3 rings (SSSR count). The van der Waals surface area contributed by atoms with Crippen molar-refractivity contribution in [1.29, 1.82) is 0 Å². The Morgan fingerprint density at radius 3 is 2.22 bits per heavy atom. The SMILES string of the molecule is COc1ccc(NC(=O)CN2CCC(C(=O)Nc3ccccc3)CC2)cc1. The molecule has 1 saturated heterocycles. The minimum atomic E-state index is -0.0487. The number of hydrogen-bond donors (Lipinski definition) is 2. The molecule has 2 amide bonds. The summed E-state index contributed by atoms with van der Waals surface area (Å²) in [6.45, 7) is 1.81. The van der Waals surface area contributed by atoms with Crippen molar-refractivity contribution in [2.24, 2.45) is 5.92 Å². The normalized spacial score (nSPS) is 15.1. The summed E-state index contributed by atoms with van der Waals surface area (Å²) < 4.78 is 5.11. The van der Waals surface area contributed by atoms with Crippen molar-refractivity contribution < 1.29 is 14.3 Å². The second-order valence-corrected chi connectivity index (χ2v) is 6.68. The summed E-state index contributed by atoms with van der Waals surface area (Å²) in [7, 11) is 1.61. The molecule has 27 heavy (non-hydrogen) atoms. The van der Waals surface area contributed by atoms with Crippen LogP contribution in [0.5, 0.6) is 5.75 Å². The van der Waals surface area contributed by atoms with Crippen LogP contribution in [0, 0.1) is 5.92 Å². The standard InChI is InChI=1S/C21H25N3O3/c1-27-19-9-7-18(8-10-19)22-20(25)15-24-13-11-16(12-14-24)21(26)23-17-5-3-2-4-6-17/h2-10,16H,11-15H2,1H3,(H,22,25)(H,23,26). The number of methoxy groups -OCH3 is 1. The second-order valence-electron chi connectivity index (χ2n) is 6.68. The van der Waals surface area contributed by atoms with Crippen molar-refractivity contribution in [1.82, 2.24) is 4.90 Å². The Morgan fingerprint density at radius 2 is 1.59 bits per heavy atom. The number of anilines is 2. The molecule has 1 heterocycles. The third-order valence-electron chi connectivity index (χ3n) is 4.74. The molecule has 2 N–H and O–H groups in total. The van der Waals surface area contributed by atoms with Crippen molar-refractivity contribution in [2.45, 2.75) is 12.8 Å². The van der Waals surface area contributed by atoms with Crippen LogP contribution in [0.25, 0.3) is 0 Å². The van der Waals surface area contributed by atoms with Gasteiger partial charge >= 0.3 is 0 Å². The van der Waals surface area contributed by atoms with Crippen molar-refractivity contribution >= 4 is 23.2 Å². The molecule has 0 saturated carbocycles. The van der Waals surface area contributed by atoms with Gasteiger partial charge in [0.2, 0.25) is 11.8 Å². The largest absolute Gasteiger partial charge is 0.497 e. The van der Waals surface area contributed by atoms with Gasteiger partial charge in [0.25, 0.3) is 0 Å². The molecule has 6 nitrogen and oxygen atoms in total. The number of para-hydroxylation sites is 1. The second kappa shape index (κ2) is 9.19. The van der Waals surface area contributed by atoms with Gasteiger partial charge in [-0.15, -0.1) is 0 Å². The van der Waals surface area contributed by atoms with Crippen molar-refractivity contribution in [3.05, 3.63) is 54.6 Å². The molecule has 142 valence electrons. The van der Waals surface area contributed by atoms with Gasteiger partial charge in [-0.25, -0.2) is 0 Å². The van der Waals surface area contributed by atoms with Crippen LogP contribution in [-0.2, 0) is 9.59 Å². The van der Waals surface area contributed by atoms with Gasteiger partial charge in [0, 0.05) is 17.3 Å². The average molecular weight is 367 g/mol. The fraction of sp³-hybridized carbons (Fsp3) is 0.333. The number of likely N-dealkylation sites (tertiary alicyclic amines) is 1. The first-order chi connectivity index (χ1) is 13.1. The van der Waals surface area contributed by atoms with Crippen LogP contribution in [0.3, 0.4) is 0 Å². The van der Waals surface area contributed by atoms with Crippen molar-refractivity contribution in [3.63, 3.8) is 0 Å². The zero-order chi connectivity index (χ0) is 19.1. The minimum absolute atomic E-state index is 0.00824. The third-order valence-corrected chi connectivity index (χ3v) is 4.74. The number of nitrogens with zero attached hydrogens (tertiary/aromatic N) is 1. The zero-order valence-corrected chi connectivity index (χ0v) is 15.5. The van der Waals surface area contributed by atoms with Gasteiger partial charge in [0.1, 0.15) is 5.75 Å². The van der Waals surface area contributed by atoms with E-state index in [0.29, 0.717) is 6.54 Å². The maximum atomic E-state index is 12.4. The van der Waals surface area contributed by atoms with Gasteiger partial charge in [-0.3, -0.25) is 14.5 Å². The highest BCUT2D eigenvalue weighted by Crippen LogP contribution is 2.20. The third kappa shape index (κ3) is 5.56. The van der Waals surface area contributed by atoms with Gasteiger partial charge in [0.15, 0.2) is 0 Å². The molecule has 1 fully saturated rings. The molecule has 0 atom stereocenters. The van der Waals surface area contributed by atoms with E-state index in [9.17, 15) is 9.59 Å². The number of ether oxygens (including phenoxy) is 1. The number of piperidine rings is 1. The topological polar surface area (TPSA) is 70.7 Å². The molecule has 2 aromatic rings. The Hall–Kier alpha value is -2.86. The van der Waals surface area contributed by atoms with Crippen LogP contribution in [0.4, 0.5) is 11.4 Å². The van der Waals surface area contributed by atoms with E-state index in [4.69, 9.17) is 4.74 Å². The summed E-state index contributed by atoms with van der Waals surface area (Å²) in [5.41, 5.74) is 1.57. The van der Waals surface area contributed by atoms with Gasteiger partial charge in [0.05, 0.1) is 13.7 Å². The molecule has 0 radical (unpaired) electrons. The highest BCUT2D eigenvalue weighted by atomic mass is 16.5. The maximum absolute atomic E-state index is 12.4. The van der Waals surface area contributed by atoms with Gasteiger partial charge in [-0.05, 0) is 62.3 Å². The van der Waals surface area contributed by atoms with Gasteiger partial charge in [-0.1, -0.05) is 18.2 Å². The first-order valence-electron chi connectivity index (χ1n) is 9.16. The van der Waals surface area contributed by atoms with Crippen LogP contribution in [-0.4, -0.2) is 43.5 Å². The van der Waals surface area contributed by atoms with E-state index in [1.165, 1.54) is 0 Å². The number of hydrogen-bond acceptors (Lipinski definition) is 4. The molecule has 1 aliphatic heterocycles. The van der Waals surface area contributed by atoms with Crippen molar-refractivity contribution in [2.75, 3.05) is 37.4 Å². The monoisotopic (exact) mass is 367 g/mol. The Balaban J connectivity index is 1.42. The van der Waals surface area contributed by atoms with E-state index in [1.807, 2.05) is 54.6 Å². The minimum Gasteiger partial charge on any atom is -0.497 e. The van der Waals surface area contributed by atoms with E-state index in [-0.39, 0.29) is 17.7 Å². The predicted octanol–water partition coefficient (Wildman–Crippen LogP) is 2.98. The number of carbonyl (C=O) groups is 2. The lowest BCUT2D eigenvalue weighted by atomic mass is 9.96. The molecule has 0 unspecified atom stereocenters. The predicted molar refractivity (Wildman–Crippen MR) is 106 cm³/mol. The lowest BCUT2D eigenvalue weighted by molar-refractivity contribution is -0.121. The summed E-state index contributed by atoms with van der Waals surface area (Å²) >= 11 is 0. The van der Waals surface area contributed by atoms with Crippen molar-refractivity contribution in [3.8, 4) is 5.75 Å². The maximum Gasteiger partial charge on any atom is 0.238 e. The molecular formula is C21H25N3O3. The highest BCUT2D eigenvalue weighted by molar-refractivity contribution is 5.93. The van der Waals surface area contributed by atoms with Crippen LogP contribution in [0.15, 0.2) is 54.6 Å². The molecule has 1 aliphatic rings. The molecule has 0 aliphatic carbocycles. The number of carbonyl (C=O) groups excluding carboxylic acids is 2. The summed E-state index contributed by atoms with van der Waals surface area (Å²) in [5, 5.41) is 5.85. The Bertz CT molecular complexity index is 754. The number of nitrogens with one attached hydrogen (secondary N) is 2. The summed E-state index contributed by atoms with van der Waals surface area (Å²) in [5.74, 6) is 0.755. The first-order valence-corrected chi connectivity index (χ1v) is 9.16. The Labute approximate surface area is 159 Å². The lowest BCUT2D eigenvalue weighted by Gasteiger charge is -2.30. The molecule has 0 bridgehead atoms. The number of amides is 2. The van der Waals surface area contributed by atoms with E-state index < -0.39 is 0 Å². The summed E-state index contributed by atoms with van der Waals surface area (Å²) in [6, 6.07) is 16.8. The first kappa shape index (κ1) is 18.9. The van der Waals surface area contributed by atoms with E-state index in [1.54, 1.807) is 7.11 Å². The van der Waals surface area contributed by atoms with E-state index in [2.05, 4.69) is 15.5 Å². The highest BCUT2D eigenvalue weighted by Gasteiger charge is 2.26. The van der Waals surface area contributed by atoms with Crippen LogP contribution in [0.1, 0.15) is 12.8 Å². The van der Waals surface area contributed by atoms with Crippen LogP contribution in [0.2, 0.25) is 0 Å². The molecule has 0 spiro atoms. The number of benzene rings is 2. The zero-order valence-electron chi connectivity index (χ0n) is 15.5. The Kier molecular flexibility index (Phi) is 6.44. The smallest absolute Gasteiger partial charge is 0.238 e. The number of rotatable bonds is 6. The summed E-state index contributed by atoms with van der Waals surface area (Å²) in [4.78, 5) is 26.7. The molecular weight excluding hydrogens is 342 g/mol. The fourth-order valence-electron chi connectivity index (χ4n) is 3.20. The molecule has 6 heteroatoms. The summed E-state index contributed by atoms with van der Waals surface area (Å²) in [6.07, 6.45) is 1.52. The molecule has 0 aromatic heterocycles. The van der Waals surface area contributed by atoms with E-state index in [0.717, 1.165) is 43.1 Å². The van der Waals surface area contributed by atoms with Gasteiger partial charge < -0.3 is 15.4 Å². The van der Waals surface area contributed by atoms with Crippen LogP contribution >= 0.6 is 0 Å². The van der Waals surface area contributed by atoms with Gasteiger partial charge in [-0.2, -0.15) is 0 Å². The quantitative estimate of drug-likeness (QED) is 0.823. The fourth-order valence-corrected chi connectivity index (χ4v) is 3.20.